The number of hydrogen-bond donors (Lipinski definition) is 0. The Kier molecular flexibility index (Phi) is 6.75. The first-order valence-electron chi connectivity index (χ1n) is 9.55. The van der Waals surface area contributed by atoms with E-state index in [4.69, 9.17) is 4.98 Å². The number of rotatable bonds is 8. The van der Waals surface area contributed by atoms with Gasteiger partial charge in [0.2, 0.25) is 5.91 Å². The Balaban J connectivity index is 1.84. The lowest BCUT2D eigenvalue weighted by Gasteiger charge is -2.21. The number of hydrogen-bond acceptors (Lipinski definition) is 4. The van der Waals surface area contributed by atoms with Gasteiger partial charge in [0.05, 0.1) is 16.6 Å². The highest BCUT2D eigenvalue weighted by Crippen LogP contribution is 2.30. The molecule has 1 aromatic heterocycles. The monoisotopic (exact) mass is 399 g/mol. The number of anilines is 1. The van der Waals surface area contributed by atoms with Gasteiger partial charge < -0.3 is 4.90 Å². The number of aryl methyl sites for hydroxylation is 1. The summed E-state index contributed by atoms with van der Waals surface area (Å²) in [5.41, 5.74) is 2.99. The van der Waals surface area contributed by atoms with Gasteiger partial charge in [0.15, 0.2) is 5.13 Å². The Hall–Kier alpha value is -2.31. The zero-order valence-corrected chi connectivity index (χ0v) is 17.4. The van der Waals surface area contributed by atoms with Gasteiger partial charge in [-0.2, -0.15) is 0 Å². The SMILES string of the molecule is CCc1ccc2nc(N(CCCN(C)C)C(=O)Cc3ccc(F)cc3)sc2c1. The van der Waals surface area contributed by atoms with Crippen LogP contribution >= 0.6 is 11.3 Å². The number of carbonyl (C=O) groups is 1. The second-order valence-electron chi connectivity index (χ2n) is 7.16. The van der Waals surface area contributed by atoms with E-state index in [0.29, 0.717) is 6.54 Å². The van der Waals surface area contributed by atoms with Crippen molar-refractivity contribution in [1.29, 1.82) is 0 Å². The molecule has 148 valence electrons. The van der Waals surface area contributed by atoms with E-state index in [9.17, 15) is 9.18 Å². The molecule has 0 aliphatic rings. The molecule has 1 amide bonds. The van der Waals surface area contributed by atoms with Crippen molar-refractivity contribution < 1.29 is 9.18 Å². The summed E-state index contributed by atoms with van der Waals surface area (Å²) in [7, 11) is 4.04. The van der Waals surface area contributed by atoms with Crippen molar-refractivity contribution in [3.8, 4) is 0 Å². The minimum absolute atomic E-state index is 0.0138. The van der Waals surface area contributed by atoms with Crippen LogP contribution in [0.5, 0.6) is 0 Å². The summed E-state index contributed by atoms with van der Waals surface area (Å²) in [6, 6.07) is 12.4. The predicted molar refractivity (Wildman–Crippen MR) is 115 cm³/mol. The molecule has 0 atom stereocenters. The molecule has 0 spiro atoms. The van der Waals surface area contributed by atoms with Gasteiger partial charge in [-0.1, -0.05) is 36.5 Å². The lowest BCUT2D eigenvalue weighted by atomic mass is 10.1. The maximum Gasteiger partial charge on any atom is 0.233 e. The molecule has 0 bridgehead atoms. The van der Waals surface area contributed by atoms with Gasteiger partial charge in [-0.3, -0.25) is 9.69 Å². The molecule has 1 heterocycles. The molecule has 2 aromatic carbocycles. The van der Waals surface area contributed by atoms with Crippen LogP contribution in [0.15, 0.2) is 42.5 Å². The third kappa shape index (κ3) is 5.14. The first-order valence-corrected chi connectivity index (χ1v) is 10.4. The third-order valence-electron chi connectivity index (χ3n) is 4.64. The van der Waals surface area contributed by atoms with Gasteiger partial charge in [-0.05, 0) is 68.9 Å². The molecule has 0 unspecified atom stereocenters. The number of halogens is 1. The fourth-order valence-corrected chi connectivity index (χ4v) is 4.11. The molecule has 4 nitrogen and oxygen atoms in total. The third-order valence-corrected chi connectivity index (χ3v) is 5.68. The summed E-state index contributed by atoms with van der Waals surface area (Å²) < 4.78 is 14.3. The molecule has 6 heteroatoms. The smallest absolute Gasteiger partial charge is 0.233 e. The van der Waals surface area contributed by atoms with Crippen molar-refractivity contribution in [2.75, 3.05) is 32.1 Å². The fraction of sp³-hybridized carbons (Fsp3) is 0.364. The second kappa shape index (κ2) is 9.26. The lowest BCUT2D eigenvalue weighted by Crippen LogP contribution is -2.34. The normalized spacial score (nSPS) is 11.3. The summed E-state index contributed by atoms with van der Waals surface area (Å²) in [6.45, 7) is 3.63. The average Bonchev–Trinajstić information content (AvgIpc) is 3.09. The summed E-state index contributed by atoms with van der Waals surface area (Å²) in [6.07, 6.45) is 2.07. The zero-order chi connectivity index (χ0) is 20.1. The van der Waals surface area contributed by atoms with Gasteiger partial charge in [0, 0.05) is 6.54 Å². The summed E-state index contributed by atoms with van der Waals surface area (Å²) in [5.74, 6) is -0.308. The summed E-state index contributed by atoms with van der Waals surface area (Å²) in [5, 5.41) is 0.731. The van der Waals surface area contributed by atoms with Crippen LogP contribution in [-0.2, 0) is 17.6 Å². The highest BCUT2D eigenvalue weighted by Gasteiger charge is 2.20. The molecule has 3 aromatic rings. The van der Waals surface area contributed by atoms with E-state index < -0.39 is 0 Å². The second-order valence-corrected chi connectivity index (χ2v) is 8.17. The molecule has 0 saturated heterocycles. The standard InChI is InChI=1S/C22H26FN3OS/c1-4-16-8-11-19-20(14-16)28-22(24-19)26(13-5-12-25(2)3)21(27)15-17-6-9-18(23)10-7-17/h6-11,14H,4-5,12-13,15H2,1-3H3. The molecule has 0 N–H and O–H groups in total. The van der Waals surface area contributed by atoms with Crippen LogP contribution in [0.4, 0.5) is 9.52 Å². The van der Waals surface area contributed by atoms with Crippen LogP contribution in [0.1, 0.15) is 24.5 Å². The maximum atomic E-state index is 13.2. The first kappa shape index (κ1) is 20.4. The topological polar surface area (TPSA) is 36.4 Å². The minimum atomic E-state index is -0.295. The molecule has 0 aliphatic heterocycles. The van der Waals surface area contributed by atoms with Crippen molar-refractivity contribution in [1.82, 2.24) is 9.88 Å². The zero-order valence-electron chi connectivity index (χ0n) is 16.6. The Bertz CT molecular complexity index is 937. The van der Waals surface area contributed by atoms with Crippen LogP contribution in [0.25, 0.3) is 10.2 Å². The van der Waals surface area contributed by atoms with Crippen molar-refractivity contribution in [3.63, 3.8) is 0 Å². The summed E-state index contributed by atoms with van der Waals surface area (Å²) >= 11 is 1.56. The van der Waals surface area contributed by atoms with E-state index in [0.717, 1.165) is 40.3 Å². The van der Waals surface area contributed by atoms with Crippen molar-refractivity contribution in [2.45, 2.75) is 26.2 Å². The molecule has 0 saturated carbocycles. The highest BCUT2D eigenvalue weighted by molar-refractivity contribution is 7.22. The van der Waals surface area contributed by atoms with Crippen LogP contribution < -0.4 is 4.90 Å². The lowest BCUT2D eigenvalue weighted by molar-refractivity contribution is -0.118. The van der Waals surface area contributed by atoms with Gasteiger partial charge >= 0.3 is 0 Å². The number of thiazole rings is 1. The maximum absolute atomic E-state index is 13.2. The van der Waals surface area contributed by atoms with Gasteiger partial charge in [0.1, 0.15) is 5.82 Å². The largest absolute Gasteiger partial charge is 0.309 e. The number of benzene rings is 2. The highest BCUT2D eigenvalue weighted by atomic mass is 32.1. The molecular weight excluding hydrogens is 373 g/mol. The Morgan fingerprint density at radius 1 is 1.07 bits per heavy atom. The molecule has 3 rings (SSSR count). The fourth-order valence-electron chi connectivity index (χ4n) is 3.04. The number of aromatic nitrogens is 1. The molecule has 28 heavy (non-hydrogen) atoms. The number of fused-ring (bicyclic) bond motifs is 1. The van der Waals surface area contributed by atoms with Crippen LogP contribution in [0.3, 0.4) is 0 Å². The molecule has 0 radical (unpaired) electrons. The Morgan fingerprint density at radius 3 is 2.46 bits per heavy atom. The van der Waals surface area contributed by atoms with Crippen molar-refractivity contribution in [3.05, 3.63) is 59.4 Å². The van der Waals surface area contributed by atoms with E-state index in [1.54, 1.807) is 28.4 Å². The number of nitrogens with zero attached hydrogens (tertiary/aromatic N) is 3. The number of carbonyl (C=O) groups excluding carboxylic acids is 1. The first-order chi connectivity index (χ1) is 13.5. The predicted octanol–water partition coefficient (Wildman–Crippen LogP) is 4.53. The van der Waals surface area contributed by atoms with Crippen LogP contribution in [0, 0.1) is 5.82 Å². The Labute approximate surface area is 169 Å². The minimum Gasteiger partial charge on any atom is -0.309 e. The van der Waals surface area contributed by atoms with Gasteiger partial charge in [-0.25, -0.2) is 9.37 Å². The average molecular weight is 400 g/mol. The van der Waals surface area contributed by atoms with E-state index >= 15 is 0 Å². The van der Waals surface area contributed by atoms with E-state index in [1.165, 1.54) is 17.7 Å². The molecular formula is C22H26FN3OS. The van der Waals surface area contributed by atoms with Crippen LogP contribution in [0.2, 0.25) is 0 Å². The van der Waals surface area contributed by atoms with Crippen molar-refractivity contribution in [2.24, 2.45) is 0 Å². The Morgan fingerprint density at radius 2 is 1.79 bits per heavy atom. The van der Waals surface area contributed by atoms with E-state index in [2.05, 4.69) is 24.0 Å². The van der Waals surface area contributed by atoms with Gasteiger partial charge in [0.25, 0.3) is 0 Å². The summed E-state index contributed by atoms with van der Waals surface area (Å²) in [4.78, 5) is 21.7. The van der Waals surface area contributed by atoms with E-state index in [-0.39, 0.29) is 18.1 Å². The molecule has 0 fully saturated rings. The van der Waals surface area contributed by atoms with Crippen molar-refractivity contribution >= 4 is 32.6 Å². The van der Waals surface area contributed by atoms with E-state index in [1.807, 2.05) is 20.2 Å². The number of amides is 1. The molecule has 0 aliphatic carbocycles. The van der Waals surface area contributed by atoms with Crippen LogP contribution in [-0.4, -0.2) is 43.0 Å². The van der Waals surface area contributed by atoms with Gasteiger partial charge in [-0.15, -0.1) is 0 Å². The quantitative estimate of drug-likeness (QED) is 0.559.